The van der Waals surface area contributed by atoms with E-state index in [1.165, 1.54) is 42.5 Å². The number of rotatable bonds is 4. The predicted molar refractivity (Wildman–Crippen MR) is 82.2 cm³/mol. The van der Waals surface area contributed by atoms with Gasteiger partial charge in [-0.15, -0.1) is 0 Å². The maximum atomic E-state index is 6.22. The lowest BCUT2D eigenvalue weighted by molar-refractivity contribution is 0.143. The van der Waals surface area contributed by atoms with E-state index in [0.29, 0.717) is 6.04 Å². The van der Waals surface area contributed by atoms with Crippen LogP contribution in [-0.2, 0) is 6.54 Å². The average molecular weight is 260 g/mol. The lowest BCUT2D eigenvalue weighted by Gasteiger charge is -2.36. The lowest BCUT2D eigenvalue weighted by atomic mass is 9.90. The second-order valence-corrected chi connectivity index (χ2v) is 6.27. The zero-order valence-electron chi connectivity index (χ0n) is 12.7. The Kier molecular flexibility index (Phi) is 5.00. The van der Waals surface area contributed by atoms with Crippen LogP contribution in [0.25, 0.3) is 0 Å². The highest BCUT2D eigenvalue weighted by Crippen LogP contribution is 2.23. The smallest absolute Gasteiger partial charge is 0.0237 e. The van der Waals surface area contributed by atoms with Crippen LogP contribution < -0.4 is 5.73 Å². The molecule has 2 atom stereocenters. The zero-order chi connectivity index (χ0) is 13.8. The molecule has 0 aromatic heterocycles. The van der Waals surface area contributed by atoms with Crippen LogP contribution in [0.2, 0.25) is 0 Å². The van der Waals surface area contributed by atoms with Gasteiger partial charge in [-0.3, -0.25) is 4.90 Å². The van der Waals surface area contributed by atoms with Crippen LogP contribution in [0.5, 0.6) is 0 Å². The molecule has 1 fully saturated rings. The highest BCUT2D eigenvalue weighted by Gasteiger charge is 2.24. The first-order chi connectivity index (χ1) is 9.08. The Morgan fingerprint density at radius 2 is 2.05 bits per heavy atom. The highest BCUT2D eigenvalue weighted by molar-refractivity contribution is 5.30. The summed E-state index contributed by atoms with van der Waals surface area (Å²) in [7, 11) is 0. The molecule has 1 aromatic carbocycles. The molecular weight excluding hydrogens is 232 g/mol. The van der Waals surface area contributed by atoms with E-state index >= 15 is 0 Å². The number of aryl methyl sites for hydroxylation is 2. The van der Waals surface area contributed by atoms with Gasteiger partial charge in [0.25, 0.3) is 0 Å². The Balaban J connectivity index is 2.01. The van der Waals surface area contributed by atoms with Gasteiger partial charge >= 0.3 is 0 Å². The first-order valence-corrected chi connectivity index (χ1v) is 7.62. The molecule has 1 aliphatic heterocycles. The first-order valence-electron chi connectivity index (χ1n) is 7.62. The van der Waals surface area contributed by atoms with Crippen molar-refractivity contribution in [3.8, 4) is 0 Å². The topological polar surface area (TPSA) is 29.3 Å². The number of nitrogens with two attached hydrogens (primary N) is 1. The number of hydrogen-bond acceptors (Lipinski definition) is 2. The third kappa shape index (κ3) is 4.05. The Bertz CT molecular complexity index is 414. The molecule has 1 aromatic rings. The molecule has 2 N–H and O–H groups in total. The Hall–Kier alpha value is -0.860. The van der Waals surface area contributed by atoms with E-state index in [1.54, 1.807) is 0 Å². The fraction of sp³-hybridized carbons (Fsp3) is 0.647. The van der Waals surface area contributed by atoms with Crippen molar-refractivity contribution in [1.82, 2.24) is 4.90 Å². The maximum Gasteiger partial charge on any atom is 0.0237 e. The number of nitrogens with zero attached hydrogens (tertiary/aromatic N) is 1. The van der Waals surface area contributed by atoms with E-state index in [4.69, 9.17) is 5.73 Å². The van der Waals surface area contributed by atoms with Crippen molar-refractivity contribution < 1.29 is 0 Å². The molecule has 0 aliphatic carbocycles. The van der Waals surface area contributed by atoms with Crippen molar-refractivity contribution >= 4 is 0 Å². The summed E-state index contributed by atoms with van der Waals surface area (Å²) in [6, 6.07) is 7.13. The molecule has 2 unspecified atom stereocenters. The lowest BCUT2D eigenvalue weighted by Crippen LogP contribution is -2.46. The average Bonchev–Trinajstić information content (AvgIpc) is 2.32. The minimum absolute atomic E-state index is 0.357. The van der Waals surface area contributed by atoms with Gasteiger partial charge in [-0.1, -0.05) is 37.1 Å². The second-order valence-electron chi connectivity index (χ2n) is 6.27. The van der Waals surface area contributed by atoms with Crippen molar-refractivity contribution in [1.29, 1.82) is 0 Å². The molecule has 1 saturated heterocycles. The van der Waals surface area contributed by atoms with Gasteiger partial charge in [0, 0.05) is 25.7 Å². The van der Waals surface area contributed by atoms with Crippen LogP contribution in [0.15, 0.2) is 18.2 Å². The predicted octanol–water partition coefficient (Wildman–Crippen LogP) is 3.25. The molecule has 0 bridgehead atoms. The van der Waals surface area contributed by atoms with Crippen molar-refractivity contribution in [3.05, 3.63) is 34.9 Å². The summed E-state index contributed by atoms with van der Waals surface area (Å²) >= 11 is 0. The zero-order valence-corrected chi connectivity index (χ0v) is 12.7. The van der Waals surface area contributed by atoms with Gasteiger partial charge in [-0.05, 0) is 43.7 Å². The standard InChI is InChI=1S/C17H28N2/c1-4-5-15-9-17(18)12-19(10-15)11-16-7-6-13(2)8-14(16)3/h6-8,15,17H,4-5,9-12,18H2,1-3H3. The Morgan fingerprint density at radius 3 is 2.74 bits per heavy atom. The third-order valence-electron chi connectivity index (χ3n) is 4.23. The van der Waals surface area contributed by atoms with Crippen molar-refractivity contribution in [2.45, 2.75) is 52.6 Å². The van der Waals surface area contributed by atoms with E-state index in [-0.39, 0.29) is 0 Å². The van der Waals surface area contributed by atoms with Gasteiger partial charge in [0.15, 0.2) is 0 Å². The molecule has 0 saturated carbocycles. The first kappa shape index (κ1) is 14.5. The molecule has 1 aliphatic rings. The van der Waals surface area contributed by atoms with Crippen molar-refractivity contribution in [2.75, 3.05) is 13.1 Å². The number of benzene rings is 1. The molecule has 1 heterocycles. The Labute approximate surface area is 118 Å². The molecule has 2 rings (SSSR count). The summed E-state index contributed by atoms with van der Waals surface area (Å²) in [6.45, 7) is 9.97. The molecule has 2 nitrogen and oxygen atoms in total. The molecule has 0 amide bonds. The van der Waals surface area contributed by atoms with Crippen LogP contribution in [-0.4, -0.2) is 24.0 Å². The molecule has 0 spiro atoms. The van der Waals surface area contributed by atoms with Gasteiger partial charge in [0.2, 0.25) is 0 Å². The molecule has 0 radical (unpaired) electrons. The number of hydrogen-bond donors (Lipinski definition) is 1. The highest BCUT2D eigenvalue weighted by atomic mass is 15.1. The molecule has 2 heteroatoms. The normalized spacial score (nSPS) is 24.6. The summed E-state index contributed by atoms with van der Waals surface area (Å²) in [6.07, 6.45) is 3.79. The molecule has 19 heavy (non-hydrogen) atoms. The minimum Gasteiger partial charge on any atom is -0.327 e. The van der Waals surface area contributed by atoms with Crippen LogP contribution in [0, 0.1) is 19.8 Å². The summed E-state index contributed by atoms with van der Waals surface area (Å²) in [5, 5.41) is 0. The largest absolute Gasteiger partial charge is 0.327 e. The van der Waals surface area contributed by atoms with Gasteiger partial charge < -0.3 is 5.73 Å². The van der Waals surface area contributed by atoms with Crippen LogP contribution in [0.1, 0.15) is 42.9 Å². The fourth-order valence-corrected chi connectivity index (χ4v) is 3.36. The van der Waals surface area contributed by atoms with Gasteiger partial charge in [-0.25, -0.2) is 0 Å². The third-order valence-corrected chi connectivity index (χ3v) is 4.23. The maximum absolute atomic E-state index is 6.22. The fourth-order valence-electron chi connectivity index (χ4n) is 3.36. The van der Waals surface area contributed by atoms with E-state index < -0.39 is 0 Å². The van der Waals surface area contributed by atoms with E-state index in [0.717, 1.165) is 19.0 Å². The second kappa shape index (κ2) is 6.53. The number of likely N-dealkylation sites (tertiary alicyclic amines) is 1. The summed E-state index contributed by atoms with van der Waals surface area (Å²) in [5.41, 5.74) is 10.4. The Morgan fingerprint density at radius 1 is 1.26 bits per heavy atom. The van der Waals surface area contributed by atoms with E-state index in [9.17, 15) is 0 Å². The van der Waals surface area contributed by atoms with E-state index in [2.05, 4.69) is 43.9 Å². The molecular formula is C17H28N2. The summed E-state index contributed by atoms with van der Waals surface area (Å²) in [5.74, 6) is 0.791. The number of piperidine rings is 1. The van der Waals surface area contributed by atoms with Crippen molar-refractivity contribution in [2.24, 2.45) is 11.7 Å². The van der Waals surface area contributed by atoms with Crippen molar-refractivity contribution in [3.63, 3.8) is 0 Å². The minimum atomic E-state index is 0.357. The van der Waals surface area contributed by atoms with Gasteiger partial charge in [0.1, 0.15) is 0 Å². The summed E-state index contributed by atoms with van der Waals surface area (Å²) < 4.78 is 0. The van der Waals surface area contributed by atoms with Gasteiger partial charge in [0.05, 0.1) is 0 Å². The monoisotopic (exact) mass is 260 g/mol. The van der Waals surface area contributed by atoms with Crippen LogP contribution in [0.4, 0.5) is 0 Å². The van der Waals surface area contributed by atoms with E-state index in [1.807, 2.05) is 0 Å². The van der Waals surface area contributed by atoms with Gasteiger partial charge in [-0.2, -0.15) is 0 Å². The van der Waals surface area contributed by atoms with Crippen LogP contribution >= 0.6 is 0 Å². The quantitative estimate of drug-likeness (QED) is 0.900. The van der Waals surface area contributed by atoms with Crippen LogP contribution in [0.3, 0.4) is 0 Å². The SMILES string of the molecule is CCCC1CC(N)CN(Cc2ccc(C)cc2C)C1. The molecule has 106 valence electrons. The summed E-state index contributed by atoms with van der Waals surface area (Å²) in [4.78, 5) is 2.55.